The van der Waals surface area contributed by atoms with Crippen molar-refractivity contribution in [1.82, 2.24) is 14.5 Å². The molecule has 1 N–H and O–H groups in total. The second kappa shape index (κ2) is 5.38. The van der Waals surface area contributed by atoms with Crippen molar-refractivity contribution in [1.29, 1.82) is 0 Å². The zero-order valence-corrected chi connectivity index (χ0v) is 12.7. The molecular weight excluding hydrogens is 324 g/mol. The third kappa shape index (κ3) is 2.27. The minimum atomic E-state index is -1.09. The average molecular weight is 334 g/mol. The summed E-state index contributed by atoms with van der Waals surface area (Å²) in [6.45, 7) is 0. The molecule has 25 heavy (non-hydrogen) atoms. The van der Waals surface area contributed by atoms with Crippen molar-refractivity contribution in [3.63, 3.8) is 0 Å². The Balaban J connectivity index is 1.95. The molecule has 1 aromatic carbocycles. The fraction of sp³-hybridized carbons (Fsp3) is 0. The maximum absolute atomic E-state index is 11.7. The molecular formula is C17H10N4O4. The molecule has 3 heterocycles. The van der Waals surface area contributed by atoms with Crippen LogP contribution in [-0.2, 0) is 0 Å². The van der Waals surface area contributed by atoms with Crippen LogP contribution in [0.1, 0.15) is 0 Å². The molecule has 0 radical (unpaired) electrons. The molecule has 0 amide bonds. The molecule has 0 fully saturated rings. The molecule has 8 nitrogen and oxygen atoms in total. The van der Waals surface area contributed by atoms with Crippen LogP contribution in [0.15, 0.2) is 55.0 Å². The highest BCUT2D eigenvalue weighted by molar-refractivity contribution is 6.12. The molecule has 0 saturated carbocycles. The molecule has 0 spiro atoms. The molecule has 0 aliphatic rings. The van der Waals surface area contributed by atoms with Crippen LogP contribution in [-0.4, -0.2) is 30.7 Å². The number of nitro groups is 1. The summed E-state index contributed by atoms with van der Waals surface area (Å²) in [5.74, 6) is -0.240. The summed E-state index contributed by atoms with van der Waals surface area (Å²) in [5.41, 5.74) is 2.45. The first kappa shape index (κ1) is 14.8. The number of carbonyl (C=O) groups is 1. The lowest BCUT2D eigenvalue weighted by molar-refractivity contribution is -0.389. The highest BCUT2D eigenvalue weighted by atomic mass is 16.6. The van der Waals surface area contributed by atoms with Gasteiger partial charge in [0.05, 0.1) is 11.0 Å². The molecule has 122 valence electrons. The first-order valence-electron chi connectivity index (χ1n) is 7.28. The van der Waals surface area contributed by atoms with Crippen molar-refractivity contribution < 1.29 is 14.8 Å². The monoisotopic (exact) mass is 334 g/mol. The van der Waals surface area contributed by atoms with Gasteiger partial charge < -0.3 is 15.2 Å². The number of benzene rings is 1. The minimum absolute atomic E-state index is 0.240. The number of carboxylic acid groups (broad SMARTS) is 1. The van der Waals surface area contributed by atoms with Crippen LogP contribution in [0.25, 0.3) is 32.9 Å². The van der Waals surface area contributed by atoms with E-state index in [1.165, 1.54) is 16.8 Å². The molecule has 0 aliphatic carbocycles. The van der Waals surface area contributed by atoms with E-state index in [1.54, 1.807) is 30.6 Å². The van der Waals surface area contributed by atoms with Gasteiger partial charge in [0, 0.05) is 34.8 Å². The summed E-state index contributed by atoms with van der Waals surface area (Å²) >= 11 is 0. The average Bonchev–Trinajstić information content (AvgIpc) is 2.95. The van der Waals surface area contributed by atoms with Crippen molar-refractivity contribution in [2.75, 3.05) is 0 Å². The van der Waals surface area contributed by atoms with E-state index < -0.39 is 11.0 Å². The molecule has 8 heteroatoms. The lowest BCUT2D eigenvalue weighted by atomic mass is 10.1. The third-order valence-corrected chi connectivity index (χ3v) is 4.03. The minimum Gasteiger partial charge on any atom is -0.464 e. The lowest BCUT2D eigenvalue weighted by Gasteiger charge is -2.03. The Morgan fingerprint density at radius 1 is 1.04 bits per heavy atom. The number of rotatable bonds is 2. The van der Waals surface area contributed by atoms with Crippen LogP contribution >= 0.6 is 0 Å². The van der Waals surface area contributed by atoms with E-state index in [0.717, 1.165) is 10.8 Å². The van der Waals surface area contributed by atoms with Crippen LogP contribution in [0.3, 0.4) is 0 Å². The first-order valence-corrected chi connectivity index (χ1v) is 7.28. The number of pyridine rings is 2. The summed E-state index contributed by atoms with van der Waals surface area (Å²) in [4.78, 5) is 29.7. The molecule has 4 rings (SSSR count). The van der Waals surface area contributed by atoms with Gasteiger partial charge in [0.15, 0.2) is 0 Å². The van der Waals surface area contributed by atoms with E-state index in [9.17, 15) is 20.0 Å². The summed E-state index contributed by atoms with van der Waals surface area (Å²) in [6.07, 6.45) is 3.48. The standard InChI is InChI=1S/C17H10N4O4/c22-17(23)20-14-5-6-18-9-13(14)12-3-1-10(7-15(12)20)11-2-4-16(19-8-11)21(24)25/h1-9H,(H,22,23). The van der Waals surface area contributed by atoms with Gasteiger partial charge in [-0.3, -0.25) is 4.98 Å². The maximum atomic E-state index is 11.7. The molecule has 0 bridgehead atoms. The van der Waals surface area contributed by atoms with Crippen molar-refractivity contribution >= 4 is 33.7 Å². The van der Waals surface area contributed by atoms with E-state index in [-0.39, 0.29) is 5.82 Å². The van der Waals surface area contributed by atoms with Crippen LogP contribution in [0, 0.1) is 10.1 Å². The zero-order valence-electron chi connectivity index (χ0n) is 12.7. The van der Waals surface area contributed by atoms with Crippen LogP contribution < -0.4 is 0 Å². The highest BCUT2D eigenvalue weighted by Crippen LogP contribution is 2.32. The molecule has 3 aromatic heterocycles. The Morgan fingerprint density at radius 3 is 2.52 bits per heavy atom. The van der Waals surface area contributed by atoms with E-state index in [4.69, 9.17) is 0 Å². The van der Waals surface area contributed by atoms with Crippen molar-refractivity contribution in [3.8, 4) is 11.1 Å². The fourth-order valence-corrected chi connectivity index (χ4v) is 2.91. The number of hydrogen-bond donors (Lipinski definition) is 1. The van der Waals surface area contributed by atoms with Gasteiger partial charge in [-0.1, -0.05) is 12.1 Å². The second-order valence-corrected chi connectivity index (χ2v) is 5.40. The smallest absolute Gasteiger partial charge is 0.416 e. The Morgan fingerprint density at radius 2 is 1.84 bits per heavy atom. The van der Waals surface area contributed by atoms with Gasteiger partial charge in [0.25, 0.3) is 0 Å². The molecule has 0 unspecified atom stereocenters. The van der Waals surface area contributed by atoms with Gasteiger partial charge in [0.2, 0.25) is 0 Å². The Labute approximate surface area is 140 Å². The van der Waals surface area contributed by atoms with Crippen LogP contribution in [0.4, 0.5) is 10.6 Å². The fourth-order valence-electron chi connectivity index (χ4n) is 2.91. The predicted octanol–water partition coefficient (Wildman–Crippen LogP) is 3.69. The highest BCUT2D eigenvalue weighted by Gasteiger charge is 2.16. The summed E-state index contributed by atoms with van der Waals surface area (Å²) in [7, 11) is 0. The summed E-state index contributed by atoms with van der Waals surface area (Å²) in [5, 5.41) is 21.8. The van der Waals surface area contributed by atoms with Gasteiger partial charge in [-0.25, -0.2) is 9.36 Å². The molecule has 0 aliphatic heterocycles. The van der Waals surface area contributed by atoms with E-state index in [1.807, 2.05) is 12.1 Å². The van der Waals surface area contributed by atoms with Crippen molar-refractivity contribution in [2.24, 2.45) is 0 Å². The van der Waals surface area contributed by atoms with Crippen LogP contribution in [0.5, 0.6) is 0 Å². The number of aromatic nitrogens is 3. The van der Waals surface area contributed by atoms with E-state index >= 15 is 0 Å². The van der Waals surface area contributed by atoms with Crippen molar-refractivity contribution in [3.05, 3.63) is 65.1 Å². The third-order valence-electron chi connectivity index (χ3n) is 4.03. The topological polar surface area (TPSA) is 111 Å². The van der Waals surface area contributed by atoms with Gasteiger partial charge in [-0.2, -0.15) is 0 Å². The van der Waals surface area contributed by atoms with Gasteiger partial charge in [0.1, 0.15) is 6.20 Å². The number of fused-ring (bicyclic) bond motifs is 3. The Hall–Kier alpha value is -3.81. The quantitative estimate of drug-likeness (QED) is 0.442. The predicted molar refractivity (Wildman–Crippen MR) is 90.5 cm³/mol. The van der Waals surface area contributed by atoms with E-state index in [2.05, 4.69) is 9.97 Å². The number of hydrogen-bond acceptors (Lipinski definition) is 5. The van der Waals surface area contributed by atoms with Crippen molar-refractivity contribution in [2.45, 2.75) is 0 Å². The van der Waals surface area contributed by atoms with Gasteiger partial charge in [-0.15, -0.1) is 0 Å². The molecule has 4 aromatic rings. The lowest BCUT2D eigenvalue weighted by Crippen LogP contribution is -2.07. The molecule has 0 saturated heterocycles. The zero-order chi connectivity index (χ0) is 17.6. The second-order valence-electron chi connectivity index (χ2n) is 5.40. The van der Waals surface area contributed by atoms with E-state index in [0.29, 0.717) is 22.2 Å². The Kier molecular flexibility index (Phi) is 3.17. The number of nitrogens with zero attached hydrogens (tertiary/aromatic N) is 4. The summed E-state index contributed by atoms with van der Waals surface area (Å²) in [6, 6.07) is 9.92. The van der Waals surface area contributed by atoms with Gasteiger partial charge >= 0.3 is 11.9 Å². The maximum Gasteiger partial charge on any atom is 0.416 e. The molecule has 0 atom stereocenters. The Bertz CT molecular complexity index is 1150. The van der Waals surface area contributed by atoms with Crippen LogP contribution in [0.2, 0.25) is 0 Å². The SMILES string of the molecule is O=C(O)n1c2ccncc2c2ccc(-c3ccc([N+](=O)[O-])nc3)cc21. The summed E-state index contributed by atoms with van der Waals surface area (Å²) < 4.78 is 1.20. The largest absolute Gasteiger partial charge is 0.464 e. The van der Waals surface area contributed by atoms with Gasteiger partial charge in [-0.05, 0) is 33.7 Å². The normalized spacial score (nSPS) is 11.0. The first-order chi connectivity index (χ1) is 12.1.